The van der Waals surface area contributed by atoms with Gasteiger partial charge in [-0.3, -0.25) is 4.79 Å². The number of rotatable bonds is 5. The second-order valence-electron chi connectivity index (χ2n) is 7.80. The summed E-state index contributed by atoms with van der Waals surface area (Å²) in [6, 6.07) is 7.10. The molecule has 7 heteroatoms. The third kappa shape index (κ3) is 4.25. The van der Waals surface area contributed by atoms with Crippen molar-refractivity contribution in [3.05, 3.63) is 30.0 Å². The van der Waals surface area contributed by atoms with Gasteiger partial charge in [0.25, 0.3) is 5.91 Å². The van der Waals surface area contributed by atoms with Crippen molar-refractivity contribution >= 4 is 26.8 Å². The highest BCUT2D eigenvalue weighted by molar-refractivity contribution is 7.89. The van der Waals surface area contributed by atoms with Crippen LogP contribution in [-0.4, -0.2) is 43.3 Å². The Bertz CT molecular complexity index is 939. The number of nitrogens with zero attached hydrogens (tertiary/aromatic N) is 2. The quantitative estimate of drug-likeness (QED) is 0.823. The minimum atomic E-state index is -3.51. The summed E-state index contributed by atoms with van der Waals surface area (Å²) in [5.41, 5.74) is 1.47. The van der Waals surface area contributed by atoms with Gasteiger partial charge in [0.2, 0.25) is 10.0 Å². The fraction of sp³-hybridized carbons (Fsp3) is 0.571. The number of carbonyl (C=O) groups is 1. The van der Waals surface area contributed by atoms with Crippen LogP contribution < -0.4 is 5.32 Å². The standard InChI is InChI=1S/C21H31N3O3S/c1-4-24-19-13-12-18(28(26,27)23(2)3)14-16(19)15-20(24)21(25)22-17-10-8-6-5-7-9-11-17/h12-15,17H,4-11H2,1-3H3,(H,22,25). The predicted molar refractivity (Wildman–Crippen MR) is 112 cm³/mol. The molecule has 0 radical (unpaired) electrons. The molecule has 1 heterocycles. The molecule has 1 amide bonds. The average Bonchev–Trinajstić information content (AvgIpc) is 3.01. The molecule has 1 N–H and O–H groups in total. The Morgan fingerprint density at radius 1 is 1.11 bits per heavy atom. The summed E-state index contributed by atoms with van der Waals surface area (Å²) >= 11 is 0. The maximum absolute atomic E-state index is 13.0. The number of sulfonamides is 1. The zero-order valence-electron chi connectivity index (χ0n) is 17.1. The Morgan fingerprint density at radius 3 is 2.36 bits per heavy atom. The molecule has 2 aromatic rings. The third-order valence-electron chi connectivity index (χ3n) is 5.64. The smallest absolute Gasteiger partial charge is 0.268 e. The van der Waals surface area contributed by atoms with Crippen LogP contribution in [0.2, 0.25) is 0 Å². The van der Waals surface area contributed by atoms with Gasteiger partial charge in [-0.05, 0) is 44.0 Å². The van der Waals surface area contributed by atoms with E-state index in [0.29, 0.717) is 12.2 Å². The van der Waals surface area contributed by atoms with E-state index >= 15 is 0 Å². The monoisotopic (exact) mass is 405 g/mol. The molecule has 0 atom stereocenters. The maximum atomic E-state index is 13.0. The molecule has 1 fully saturated rings. The molecule has 1 aliphatic carbocycles. The number of fused-ring (bicyclic) bond motifs is 1. The molecule has 1 saturated carbocycles. The second-order valence-corrected chi connectivity index (χ2v) is 9.95. The Labute approximate surface area is 168 Å². The van der Waals surface area contributed by atoms with Crippen LogP contribution in [0.25, 0.3) is 10.9 Å². The van der Waals surface area contributed by atoms with Gasteiger partial charge < -0.3 is 9.88 Å². The molecule has 1 aromatic heterocycles. The van der Waals surface area contributed by atoms with Crippen molar-refractivity contribution < 1.29 is 13.2 Å². The van der Waals surface area contributed by atoms with Crippen LogP contribution in [0.15, 0.2) is 29.2 Å². The topological polar surface area (TPSA) is 71.4 Å². The molecular formula is C21H31N3O3S. The second kappa shape index (κ2) is 8.66. The lowest BCUT2D eigenvalue weighted by molar-refractivity contribution is 0.0921. The molecule has 1 aliphatic rings. The fourth-order valence-corrected chi connectivity index (χ4v) is 4.95. The molecule has 28 heavy (non-hydrogen) atoms. The number of benzene rings is 1. The number of nitrogens with one attached hydrogen (secondary N) is 1. The van der Waals surface area contributed by atoms with Gasteiger partial charge in [-0.2, -0.15) is 0 Å². The lowest BCUT2D eigenvalue weighted by Gasteiger charge is -2.21. The maximum Gasteiger partial charge on any atom is 0.268 e. The Hall–Kier alpha value is -1.86. The first-order valence-corrected chi connectivity index (χ1v) is 11.6. The van der Waals surface area contributed by atoms with Crippen LogP contribution in [0.4, 0.5) is 0 Å². The molecule has 0 spiro atoms. The predicted octanol–water partition coefficient (Wildman–Crippen LogP) is 3.75. The lowest BCUT2D eigenvalue weighted by atomic mass is 9.96. The van der Waals surface area contributed by atoms with Crippen LogP contribution in [0.1, 0.15) is 62.4 Å². The van der Waals surface area contributed by atoms with Crippen LogP contribution in [0, 0.1) is 0 Å². The van der Waals surface area contributed by atoms with Gasteiger partial charge >= 0.3 is 0 Å². The van der Waals surface area contributed by atoms with Gasteiger partial charge in [-0.25, -0.2) is 12.7 Å². The van der Waals surface area contributed by atoms with E-state index in [1.165, 1.54) is 37.7 Å². The summed E-state index contributed by atoms with van der Waals surface area (Å²) in [7, 11) is -0.469. The highest BCUT2D eigenvalue weighted by Gasteiger charge is 2.22. The minimum Gasteiger partial charge on any atom is -0.348 e. The van der Waals surface area contributed by atoms with Crippen molar-refractivity contribution in [3.63, 3.8) is 0 Å². The van der Waals surface area contributed by atoms with Crippen LogP contribution in [-0.2, 0) is 16.6 Å². The lowest BCUT2D eigenvalue weighted by Crippen LogP contribution is -2.36. The SMILES string of the molecule is CCn1c(C(=O)NC2CCCCCCC2)cc2cc(S(=O)(=O)N(C)C)ccc21. The molecular weight excluding hydrogens is 374 g/mol. The summed E-state index contributed by atoms with van der Waals surface area (Å²) < 4.78 is 28.0. The van der Waals surface area contributed by atoms with E-state index in [9.17, 15) is 13.2 Å². The summed E-state index contributed by atoms with van der Waals surface area (Å²) in [6.07, 6.45) is 8.16. The number of aryl methyl sites for hydroxylation is 1. The fourth-order valence-electron chi connectivity index (χ4n) is 4.01. The van der Waals surface area contributed by atoms with Crippen molar-refractivity contribution in [2.45, 2.75) is 69.4 Å². The van der Waals surface area contributed by atoms with E-state index in [0.717, 1.165) is 36.6 Å². The van der Waals surface area contributed by atoms with E-state index < -0.39 is 10.0 Å². The number of amides is 1. The van der Waals surface area contributed by atoms with Gasteiger partial charge in [0, 0.05) is 37.6 Å². The zero-order chi connectivity index (χ0) is 20.3. The van der Waals surface area contributed by atoms with Crippen molar-refractivity contribution in [2.24, 2.45) is 0 Å². The van der Waals surface area contributed by atoms with Crippen molar-refractivity contribution in [3.8, 4) is 0 Å². The molecule has 0 bridgehead atoms. The Morgan fingerprint density at radius 2 is 1.75 bits per heavy atom. The molecule has 0 aliphatic heterocycles. The van der Waals surface area contributed by atoms with Crippen LogP contribution in [0.3, 0.4) is 0 Å². The van der Waals surface area contributed by atoms with E-state index in [-0.39, 0.29) is 16.8 Å². The highest BCUT2D eigenvalue weighted by Crippen LogP contribution is 2.25. The van der Waals surface area contributed by atoms with Gasteiger partial charge in [0.15, 0.2) is 0 Å². The number of carbonyl (C=O) groups excluding carboxylic acids is 1. The minimum absolute atomic E-state index is 0.0689. The van der Waals surface area contributed by atoms with E-state index in [4.69, 9.17) is 0 Å². The molecule has 0 unspecified atom stereocenters. The van der Waals surface area contributed by atoms with Gasteiger partial charge in [-0.15, -0.1) is 0 Å². The summed E-state index contributed by atoms with van der Waals surface area (Å²) in [5.74, 6) is -0.0689. The number of aromatic nitrogens is 1. The zero-order valence-corrected chi connectivity index (χ0v) is 17.9. The molecule has 1 aromatic carbocycles. The summed E-state index contributed by atoms with van der Waals surface area (Å²) in [5, 5.41) is 3.99. The summed E-state index contributed by atoms with van der Waals surface area (Å²) in [4.78, 5) is 13.2. The van der Waals surface area contributed by atoms with E-state index in [1.54, 1.807) is 18.2 Å². The first-order chi connectivity index (χ1) is 13.3. The van der Waals surface area contributed by atoms with Crippen molar-refractivity contribution in [1.82, 2.24) is 14.2 Å². The van der Waals surface area contributed by atoms with Crippen LogP contribution >= 0.6 is 0 Å². The first kappa shape index (κ1) is 20.9. The van der Waals surface area contributed by atoms with Crippen LogP contribution in [0.5, 0.6) is 0 Å². The average molecular weight is 406 g/mol. The van der Waals surface area contributed by atoms with E-state index in [1.807, 2.05) is 17.6 Å². The Balaban J connectivity index is 1.90. The number of hydrogen-bond donors (Lipinski definition) is 1. The highest BCUT2D eigenvalue weighted by atomic mass is 32.2. The summed E-state index contributed by atoms with van der Waals surface area (Å²) in [6.45, 7) is 2.65. The number of hydrogen-bond acceptors (Lipinski definition) is 3. The van der Waals surface area contributed by atoms with Crippen molar-refractivity contribution in [1.29, 1.82) is 0 Å². The molecule has 0 saturated heterocycles. The van der Waals surface area contributed by atoms with Crippen molar-refractivity contribution in [2.75, 3.05) is 14.1 Å². The third-order valence-corrected chi connectivity index (χ3v) is 7.45. The normalized spacial score (nSPS) is 16.9. The first-order valence-electron chi connectivity index (χ1n) is 10.2. The van der Waals surface area contributed by atoms with Gasteiger partial charge in [0.1, 0.15) is 5.69 Å². The molecule has 6 nitrogen and oxygen atoms in total. The molecule has 154 valence electrons. The Kier molecular flexibility index (Phi) is 6.45. The van der Waals surface area contributed by atoms with E-state index in [2.05, 4.69) is 5.32 Å². The molecule has 3 rings (SSSR count). The van der Waals surface area contributed by atoms with Gasteiger partial charge in [0.05, 0.1) is 4.90 Å². The van der Waals surface area contributed by atoms with Gasteiger partial charge in [-0.1, -0.05) is 32.1 Å². The largest absolute Gasteiger partial charge is 0.348 e.